The van der Waals surface area contributed by atoms with Gasteiger partial charge in [-0.25, -0.2) is 0 Å². The summed E-state index contributed by atoms with van der Waals surface area (Å²) in [4.78, 5) is 0. The maximum atomic E-state index is 9.15. The van der Waals surface area contributed by atoms with Gasteiger partial charge in [-0.1, -0.05) is 6.07 Å². The summed E-state index contributed by atoms with van der Waals surface area (Å²) < 4.78 is 0. The normalized spacial score (nSPS) is 12.8. The van der Waals surface area contributed by atoms with Crippen LogP contribution in [0, 0.1) is 0 Å². The minimum Gasteiger partial charge on any atom is -0.504 e. The van der Waals surface area contributed by atoms with Crippen molar-refractivity contribution in [2.75, 3.05) is 0 Å². The third-order valence-corrected chi connectivity index (χ3v) is 1.89. The van der Waals surface area contributed by atoms with E-state index < -0.39 is 0 Å². The Bertz CT molecular complexity index is 281. The van der Waals surface area contributed by atoms with Crippen molar-refractivity contribution in [3.63, 3.8) is 0 Å². The van der Waals surface area contributed by atoms with E-state index in [1.54, 1.807) is 13.0 Å². The number of phenols is 2. The van der Waals surface area contributed by atoms with E-state index in [-0.39, 0.29) is 17.6 Å². The van der Waals surface area contributed by atoms with Gasteiger partial charge in [0.2, 0.25) is 0 Å². The largest absolute Gasteiger partial charge is 0.504 e. The molecule has 0 unspecified atom stereocenters. The predicted molar refractivity (Wildman–Crippen MR) is 49.8 cm³/mol. The van der Waals surface area contributed by atoms with Crippen molar-refractivity contribution in [1.29, 1.82) is 0 Å². The molecule has 72 valence electrons. The Labute approximate surface area is 77.3 Å². The van der Waals surface area contributed by atoms with Gasteiger partial charge < -0.3 is 15.3 Å². The van der Waals surface area contributed by atoms with E-state index in [1.165, 1.54) is 12.1 Å². The molecule has 0 amide bonds. The van der Waals surface area contributed by atoms with Gasteiger partial charge in [0.05, 0.1) is 6.10 Å². The van der Waals surface area contributed by atoms with Crippen LogP contribution < -0.4 is 0 Å². The second-order valence-corrected chi connectivity index (χ2v) is 3.21. The van der Waals surface area contributed by atoms with E-state index in [9.17, 15) is 0 Å². The van der Waals surface area contributed by atoms with Crippen LogP contribution in [0.3, 0.4) is 0 Å². The summed E-state index contributed by atoms with van der Waals surface area (Å²) in [5.41, 5.74) is 0.913. The van der Waals surface area contributed by atoms with Gasteiger partial charge in [0.25, 0.3) is 0 Å². The van der Waals surface area contributed by atoms with Crippen LogP contribution in [0.4, 0.5) is 0 Å². The standard InChI is InChI=1S/C10H14O3/c1-7(11)2-3-8-4-5-9(12)10(13)6-8/h4-7,11-13H,2-3H2,1H3/t7-/m0/s1. The highest BCUT2D eigenvalue weighted by atomic mass is 16.3. The quantitative estimate of drug-likeness (QED) is 0.619. The average molecular weight is 182 g/mol. The van der Waals surface area contributed by atoms with Crippen LogP contribution in [-0.2, 0) is 6.42 Å². The van der Waals surface area contributed by atoms with E-state index in [0.717, 1.165) is 5.56 Å². The monoisotopic (exact) mass is 182 g/mol. The topological polar surface area (TPSA) is 60.7 Å². The van der Waals surface area contributed by atoms with E-state index in [0.29, 0.717) is 12.8 Å². The Balaban J connectivity index is 2.63. The molecular formula is C10H14O3. The maximum Gasteiger partial charge on any atom is 0.157 e. The zero-order valence-corrected chi connectivity index (χ0v) is 7.57. The highest BCUT2D eigenvalue weighted by Crippen LogP contribution is 2.25. The van der Waals surface area contributed by atoms with Crippen molar-refractivity contribution >= 4 is 0 Å². The van der Waals surface area contributed by atoms with E-state index in [2.05, 4.69) is 0 Å². The minimum absolute atomic E-state index is 0.108. The molecule has 13 heavy (non-hydrogen) atoms. The minimum atomic E-state index is -0.337. The zero-order chi connectivity index (χ0) is 9.84. The molecule has 0 aliphatic rings. The molecule has 0 fully saturated rings. The number of rotatable bonds is 3. The number of aliphatic hydroxyl groups excluding tert-OH is 1. The lowest BCUT2D eigenvalue weighted by Gasteiger charge is -2.05. The van der Waals surface area contributed by atoms with Crippen LogP contribution in [-0.4, -0.2) is 21.4 Å². The molecule has 0 aliphatic heterocycles. The van der Waals surface area contributed by atoms with Crippen molar-refractivity contribution in [2.24, 2.45) is 0 Å². The second-order valence-electron chi connectivity index (χ2n) is 3.21. The van der Waals surface area contributed by atoms with Crippen LogP contribution >= 0.6 is 0 Å². The van der Waals surface area contributed by atoms with Crippen LogP contribution in [0.5, 0.6) is 11.5 Å². The molecule has 0 aromatic heterocycles. The molecule has 1 atom stereocenters. The van der Waals surface area contributed by atoms with Gasteiger partial charge in [0.15, 0.2) is 11.5 Å². The van der Waals surface area contributed by atoms with Gasteiger partial charge in [-0.05, 0) is 37.5 Å². The molecule has 0 saturated heterocycles. The van der Waals surface area contributed by atoms with Crippen molar-refractivity contribution < 1.29 is 15.3 Å². The number of hydrogen-bond donors (Lipinski definition) is 3. The second kappa shape index (κ2) is 4.14. The van der Waals surface area contributed by atoms with Gasteiger partial charge in [0, 0.05) is 0 Å². The molecule has 1 aromatic rings. The van der Waals surface area contributed by atoms with Gasteiger partial charge >= 0.3 is 0 Å². The summed E-state index contributed by atoms with van der Waals surface area (Å²) >= 11 is 0. The number of aromatic hydroxyl groups is 2. The number of aryl methyl sites for hydroxylation is 1. The first-order chi connectivity index (χ1) is 6.09. The summed E-state index contributed by atoms with van der Waals surface area (Å²) in [5.74, 6) is -0.219. The zero-order valence-electron chi connectivity index (χ0n) is 7.57. The third-order valence-electron chi connectivity index (χ3n) is 1.89. The Kier molecular flexibility index (Phi) is 3.14. The summed E-state index contributed by atoms with van der Waals surface area (Å²) in [6.07, 6.45) is 1.02. The van der Waals surface area contributed by atoms with Crippen LogP contribution in [0.1, 0.15) is 18.9 Å². The van der Waals surface area contributed by atoms with Crippen LogP contribution in [0.15, 0.2) is 18.2 Å². The molecule has 0 aliphatic carbocycles. The lowest BCUT2D eigenvalue weighted by Crippen LogP contribution is -2.01. The summed E-state index contributed by atoms with van der Waals surface area (Å²) in [7, 11) is 0. The summed E-state index contributed by atoms with van der Waals surface area (Å²) in [6, 6.07) is 4.70. The van der Waals surface area contributed by atoms with Crippen LogP contribution in [0.2, 0.25) is 0 Å². The lowest BCUT2D eigenvalue weighted by molar-refractivity contribution is 0.185. The number of hydrogen-bond acceptors (Lipinski definition) is 3. The first-order valence-corrected chi connectivity index (χ1v) is 4.28. The molecule has 0 saturated carbocycles. The Morgan fingerprint density at radius 2 is 1.92 bits per heavy atom. The number of phenolic OH excluding ortho intramolecular Hbond substituents is 2. The van der Waals surface area contributed by atoms with Gasteiger partial charge in [-0.15, -0.1) is 0 Å². The highest BCUT2D eigenvalue weighted by molar-refractivity contribution is 5.40. The molecular weight excluding hydrogens is 168 g/mol. The molecule has 1 rings (SSSR count). The van der Waals surface area contributed by atoms with Crippen molar-refractivity contribution in [1.82, 2.24) is 0 Å². The Morgan fingerprint density at radius 1 is 1.23 bits per heavy atom. The van der Waals surface area contributed by atoms with E-state index in [1.807, 2.05) is 0 Å². The van der Waals surface area contributed by atoms with E-state index >= 15 is 0 Å². The predicted octanol–water partition coefficient (Wildman–Crippen LogP) is 1.41. The van der Waals surface area contributed by atoms with E-state index in [4.69, 9.17) is 15.3 Å². The summed E-state index contributed by atoms with van der Waals surface area (Å²) in [5, 5.41) is 27.2. The van der Waals surface area contributed by atoms with Crippen LogP contribution in [0.25, 0.3) is 0 Å². The Hall–Kier alpha value is -1.22. The Morgan fingerprint density at radius 3 is 2.46 bits per heavy atom. The molecule has 0 radical (unpaired) electrons. The third kappa shape index (κ3) is 2.95. The highest BCUT2D eigenvalue weighted by Gasteiger charge is 2.02. The molecule has 0 bridgehead atoms. The average Bonchev–Trinajstić information content (AvgIpc) is 2.07. The first-order valence-electron chi connectivity index (χ1n) is 4.28. The lowest BCUT2D eigenvalue weighted by atomic mass is 10.1. The molecule has 3 nitrogen and oxygen atoms in total. The molecule has 3 heteroatoms. The van der Waals surface area contributed by atoms with Crippen molar-refractivity contribution in [2.45, 2.75) is 25.9 Å². The van der Waals surface area contributed by atoms with Gasteiger partial charge in [-0.2, -0.15) is 0 Å². The smallest absolute Gasteiger partial charge is 0.157 e. The number of benzene rings is 1. The fourth-order valence-corrected chi connectivity index (χ4v) is 1.10. The fraction of sp³-hybridized carbons (Fsp3) is 0.400. The molecule has 1 aromatic carbocycles. The van der Waals surface area contributed by atoms with Crippen molar-refractivity contribution in [3.05, 3.63) is 23.8 Å². The van der Waals surface area contributed by atoms with Gasteiger partial charge in [0.1, 0.15) is 0 Å². The fourth-order valence-electron chi connectivity index (χ4n) is 1.10. The summed E-state index contributed by atoms with van der Waals surface area (Å²) in [6.45, 7) is 1.72. The molecule has 3 N–H and O–H groups in total. The SMILES string of the molecule is C[C@H](O)CCc1ccc(O)c(O)c1. The maximum absolute atomic E-state index is 9.15. The molecule has 0 spiro atoms. The van der Waals surface area contributed by atoms with Gasteiger partial charge in [-0.3, -0.25) is 0 Å². The van der Waals surface area contributed by atoms with Crippen molar-refractivity contribution in [3.8, 4) is 11.5 Å². The molecule has 0 heterocycles. The number of aliphatic hydroxyl groups is 1. The first kappa shape index (κ1) is 9.86.